The zero-order chi connectivity index (χ0) is 21.0. The monoisotopic (exact) mass is 410 g/mol. The van der Waals surface area contributed by atoms with Crippen molar-refractivity contribution < 1.29 is 13.2 Å². The summed E-state index contributed by atoms with van der Waals surface area (Å²) in [4.78, 5) is 0. The summed E-state index contributed by atoms with van der Waals surface area (Å²) in [5.74, 6) is 0. The molecule has 0 aromatic heterocycles. The van der Waals surface area contributed by atoms with Crippen molar-refractivity contribution in [2.24, 2.45) is 0 Å². The highest BCUT2D eigenvalue weighted by atomic mass is 35.5. The van der Waals surface area contributed by atoms with E-state index in [-0.39, 0.29) is 11.9 Å². The van der Waals surface area contributed by atoms with Gasteiger partial charge in [0.05, 0.1) is 5.56 Å². The summed E-state index contributed by atoms with van der Waals surface area (Å²) in [6.07, 6.45) is -3.33. The minimum Gasteiger partial charge on any atom is -0.166 e. The summed E-state index contributed by atoms with van der Waals surface area (Å²) in [6, 6.07) is 17.7. The van der Waals surface area contributed by atoms with Gasteiger partial charge in [0.1, 0.15) is 0 Å². The van der Waals surface area contributed by atoms with E-state index in [1.165, 1.54) is 17.7 Å². The van der Waals surface area contributed by atoms with Crippen LogP contribution in [0.15, 0.2) is 60.7 Å². The van der Waals surface area contributed by atoms with Crippen LogP contribution in [0.4, 0.5) is 13.2 Å². The number of aryl methyl sites for hydroxylation is 2. The number of benzene rings is 3. The smallest absolute Gasteiger partial charge is 0.166 e. The quantitative estimate of drug-likeness (QED) is 0.500. The molecule has 2 radical (unpaired) electrons. The molecule has 0 amide bonds. The van der Waals surface area contributed by atoms with Gasteiger partial charge in [0.25, 0.3) is 0 Å². The van der Waals surface area contributed by atoms with Crippen molar-refractivity contribution in [2.75, 3.05) is 0 Å². The van der Waals surface area contributed by atoms with Crippen molar-refractivity contribution in [2.45, 2.75) is 32.7 Å². The summed E-state index contributed by atoms with van der Waals surface area (Å²) >= 11 is 6.18. The molecule has 0 spiro atoms. The van der Waals surface area contributed by atoms with E-state index in [2.05, 4.69) is 7.28 Å². The lowest BCUT2D eigenvalue weighted by atomic mass is 9.62. The van der Waals surface area contributed by atoms with Gasteiger partial charge < -0.3 is 0 Å². The summed E-state index contributed by atoms with van der Waals surface area (Å²) < 4.78 is 39.4. The Kier molecular flexibility index (Phi) is 6.79. The zero-order valence-corrected chi connectivity index (χ0v) is 17.1. The number of rotatable bonds is 6. The Labute approximate surface area is 176 Å². The van der Waals surface area contributed by atoms with E-state index in [0.717, 1.165) is 39.5 Å². The first kappa shape index (κ1) is 21.6. The van der Waals surface area contributed by atoms with Gasteiger partial charge in [0.15, 0.2) is 14.6 Å². The second-order valence-electron chi connectivity index (χ2n) is 7.17. The van der Waals surface area contributed by atoms with E-state index in [9.17, 15) is 13.2 Å². The Morgan fingerprint density at radius 1 is 0.759 bits per heavy atom. The fraction of sp³-hybridized carbons (Fsp3) is 0.217. The Hall–Kier alpha value is -2.13. The van der Waals surface area contributed by atoms with Crippen molar-refractivity contribution in [3.05, 3.63) is 93.5 Å². The molecular formula is C23H20B2ClF3. The van der Waals surface area contributed by atoms with Crippen molar-refractivity contribution in [3.63, 3.8) is 0 Å². The summed E-state index contributed by atoms with van der Waals surface area (Å²) in [7, 11) is 3.96. The zero-order valence-electron chi connectivity index (χ0n) is 16.4. The molecule has 0 unspecified atom stereocenters. The van der Waals surface area contributed by atoms with Crippen LogP contribution in [0, 0.1) is 13.8 Å². The number of hydrogen-bond donors (Lipinski definition) is 0. The van der Waals surface area contributed by atoms with Crippen LogP contribution in [0.3, 0.4) is 0 Å². The van der Waals surface area contributed by atoms with Gasteiger partial charge in [0.2, 0.25) is 0 Å². The van der Waals surface area contributed by atoms with Gasteiger partial charge in [-0.3, -0.25) is 0 Å². The highest BCUT2D eigenvalue weighted by Crippen LogP contribution is 2.31. The third-order valence-corrected chi connectivity index (χ3v) is 5.41. The molecule has 0 saturated carbocycles. The van der Waals surface area contributed by atoms with Gasteiger partial charge in [-0.2, -0.15) is 13.2 Å². The van der Waals surface area contributed by atoms with Gasteiger partial charge in [-0.05, 0) is 55.3 Å². The van der Waals surface area contributed by atoms with Crippen LogP contribution in [-0.2, 0) is 18.8 Å². The topological polar surface area (TPSA) is 0 Å². The lowest BCUT2D eigenvalue weighted by Gasteiger charge is -2.13. The van der Waals surface area contributed by atoms with Crippen LogP contribution in [0.1, 0.15) is 27.8 Å². The van der Waals surface area contributed by atoms with Crippen molar-refractivity contribution in [3.8, 4) is 0 Å². The molecule has 0 aliphatic carbocycles. The first-order chi connectivity index (χ1) is 13.7. The third-order valence-electron chi connectivity index (χ3n) is 5.00. The molecule has 0 atom stereocenters. The van der Waals surface area contributed by atoms with Crippen LogP contribution >= 0.6 is 11.6 Å². The molecule has 3 rings (SSSR count). The Balaban J connectivity index is 1.65. The van der Waals surface area contributed by atoms with Crippen molar-refractivity contribution in [1.82, 2.24) is 0 Å². The number of alkyl halides is 3. The molecule has 3 aromatic carbocycles. The number of halogens is 4. The Morgan fingerprint density at radius 2 is 1.38 bits per heavy atom. The molecule has 6 heteroatoms. The van der Waals surface area contributed by atoms with Crippen LogP contribution in [0.2, 0.25) is 5.02 Å². The van der Waals surface area contributed by atoms with Gasteiger partial charge >= 0.3 is 6.18 Å². The maximum absolute atomic E-state index is 13.1. The maximum atomic E-state index is 13.1. The van der Waals surface area contributed by atoms with Crippen LogP contribution in [0.5, 0.6) is 0 Å². The standard InChI is InChI=1S/C23H20B2ClF3/c1-15-7-9-20(12-22(15)26)24-13-17-8-10-19(11-16(17)2)25-14-18-5-3-4-6-21(18)23(27,28)29/h3-12H,13-14H2,1-2H3. The molecule has 0 bridgehead atoms. The Morgan fingerprint density at radius 3 is 2.03 bits per heavy atom. The molecule has 146 valence electrons. The molecule has 0 heterocycles. The minimum absolute atomic E-state index is 0.239. The molecular weight excluding hydrogens is 390 g/mol. The van der Waals surface area contributed by atoms with Gasteiger partial charge in [0, 0.05) is 5.02 Å². The van der Waals surface area contributed by atoms with Crippen molar-refractivity contribution >= 4 is 37.1 Å². The van der Waals surface area contributed by atoms with E-state index in [1.807, 2.05) is 57.5 Å². The lowest BCUT2D eigenvalue weighted by molar-refractivity contribution is -0.138. The highest BCUT2D eigenvalue weighted by molar-refractivity contribution is 6.54. The van der Waals surface area contributed by atoms with Gasteiger partial charge in [-0.25, -0.2) is 0 Å². The molecule has 0 nitrogen and oxygen atoms in total. The SMILES string of the molecule is Cc1ccc([B]Cc2ccc([B]Cc3ccccc3C(F)(F)F)cc2C)cc1Cl. The predicted molar refractivity (Wildman–Crippen MR) is 117 cm³/mol. The first-order valence-corrected chi connectivity index (χ1v) is 9.79. The lowest BCUT2D eigenvalue weighted by Crippen LogP contribution is -2.21. The molecule has 0 aliphatic heterocycles. The first-order valence-electron chi connectivity index (χ1n) is 9.41. The largest absolute Gasteiger partial charge is 0.416 e. The van der Waals surface area contributed by atoms with E-state index >= 15 is 0 Å². The molecule has 0 fully saturated rings. The summed E-state index contributed by atoms with van der Waals surface area (Å²) in [5.41, 5.74) is 5.03. The second-order valence-corrected chi connectivity index (χ2v) is 7.57. The van der Waals surface area contributed by atoms with Crippen LogP contribution in [0.25, 0.3) is 0 Å². The average Bonchev–Trinajstić information content (AvgIpc) is 2.68. The molecule has 29 heavy (non-hydrogen) atoms. The average molecular weight is 410 g/mol. The minimum atomic E-state index is -4.33. The second kappa shape index (κ2) is 9.13. The van der Waals surface area contributed by atoms with Gasteiger partial charge in [-0.1, -0.05) is 76.6 Å². The van der Waals surface area contributed by atoms with E-state index in [1.54, 1.807) is 6.07 Å². The predicted octanol–water partition coefficient (Wildman–Crippen LogP) is 5.04. The fourth-order valence-electron chi connectivity index (χ4n) is 3.24. The van der Waals surface area contributed by atoms with E-state index < -0.39 is 11.7 Å². The van der Waals surface area contributed by atoms with Crippen LogP contribution in [-0.4, -0.2) is 14.6 Å². The molecule has 0 saturated heterocycles. The van der Waals surface area contributed by atoms with E-state index in [0.29, 0.717) is 0 Å². The molecule has 3 aromatic rings. The summed E-state index contributed by atoms with van der Waals surface area (Å²) in [5, 5.41) is 0.750. The maximum Gasteiger partial charge on any atom is 0.416 e. The van der Waals surface area contributed by atoms with Gasteiger partial charge in [-0.15, -0.1) is 0 Å². The fourth-order valence-corrected chi connectivity index (χ4v) is 3.43. The van der Waals surface area contributed by atoms with Crippen LogP contribution < -0.4 is 10.9 Å². The van der Waals surface area contributed by atoms with E-state index in [4.69, 9.17) is 11.6 Å². The Bertz CT molecular complexity index is 1000. The normalized spacial score (nSPS) is 11.4. The van der Waals surface area contributed by atoms with Crippen molar-refractivity contribution in [1.29, 1.82) is 0 Å². The number of hydrogen-bond acceptors (Lipinski definition) is 0. The molecule has 0 aliphatic rings. The summed E-state index contributed by atoms with van der Waals surface area (Å²) in [6.45, 7) is 3.99. The molecule has 0 N–H and O–H groups in total. The highest BCUT2D eigenvalue weighted by Gasteiger charge is 2.32. The third kappa shape index (κ3) is 5.70.